The summed E-state index contributed by atoms with van der Waals surface area (Å²) in [6.45, 7) is 8.53. The molecule has 0 unspecified atom stereocenters. The molecule has 0 N–H and O–H groups in total. The Morgan fingerprint density at radius 3 is 2.88 bits per heavy atom. The Kier molecular flexibility index (Phi) is 4.15. The molecule has 0 saturated carbocycles. The van der Waals surface area contributed by atoms with Gasteiger partial charge in [0.1, 0.15) is 22.5 Å². The van der Waals surface area contributed by atoms with E-state index in [9.17, 15) is 0 Å². The minimum Gasteiger partial charge on any atom is -0.333 e. The topological polar surface area (TPSA) is 64.7 Å². The zero-order valence-electron chi connectivity index (χ0n) is 14.0. The van der Waals surface area contributed by atoms with E-state index in [1.807, 2.05) is 36.3 Å². The summed E-state index contributed by atoms with van der Waals surface area (Å²) in [5, 5.41) is 7.72. The Morgan fingerprint density at radius 1 is 1.21 bits per heavy atom. The molecule has 7 nitrogen and oxygen atoms in total. The third-order valence-corrected chi connectivity index (χ3v) is 5.14. The van der Waals surface area contributed by atoms with Crippen molar-refractivity contribution >= 4 is 11.3 Å². The first-order valence-corrected chi connectivity index (χ1v) is 9.04. The molecule has 4 rings (SSSR count). The molecule has 126 valence electrons. The fourth-order valence-corrected chi connectivity index (χ4v) is 4.02. The third kappa shape index (κ3) is 3.25. The molecule has 1 atom stereocenters. The van der Waals surface area contributed by atoms with Crippen LogP contribution in [0.4, 0.5) is 0 Å². The molecule has 0 fully saturated rings. The quantitative estimate of drug-likeness (QED) is 0.724. The molecule has 3 aromatic rings. The highest BCUT2D eigenvalue weighted by atomic mass is 32.1. The molecule has 0 aliphatic carbocycles. The molecule has 1 aliphatic rings. The number of nitrogens with zero attached hydrogens (tertiary/aromatic N) is 7. The number of rotatable bonds is 4. The van der Waals surface area contributed by atoms with Crippen molar-refractivity contribution in [3.63, 3.8) is 0 Å². The first-order valence-electron chi connectivity index (χ1n) is 8.16. The van der Waals surface area contributed by atoms with Crippen LogP contribution in [0.15, 0.2) is 24.0 Å². The van der Waals surface area contributed by atoms with Crippen molar-refractivity contribution in [1.29, 1.82) is 0 Å². The van der Waals surface area contributed by atoms with E-state index < -0.39 is 0 Å². The van der Waals surface area contributed by atoms with E-state index in [1.165, 1.54) is 0 Å². The van der Waals surface area contributed by atoms with Crippen LogP contribution in [0.1, 0.15) is 22.5 Å². The minimum absolute atomic E-state index is 0.459. The maximum atomic E-state index is 4.53. The highest BCUT2D eigenvalue weighted by Gasteiger charge is 2.24. The molecule has 0 radical (unpaired) electrons. The highest BCUT2D eigenvalue weighted by molar-refractivity contribution is 7.09. The molecule has 8 heteroatoms. The van der Waals surface area contributed by atoms with Crippen LogP contribution in [0.5, 0.6) is 0 Å². The standard InChI is InChI=1S/C16H21N7S/c1-12-19-13(2)23(20-12)9-14-7-21(11-16-18-4-6-24-16)10-15-17-3-5-22(15)8-14/h3-6,14H,7-11H2,1-2H3/t14-/m0/s1. The van der Waals surface area contributed by atoms with E-state index >= 15 is 0 Å². The summed E-state index contributed by atoms with van der Waals surface area (Å²) >= 11 is 1.71. The Bertz CT molecular complexity index is 804. The van der Waals surface area contributed by atoms with Gasteiger partial charge in [0.15, 0.2) is 0 Å². The van der Waals surface area contributed by atoms with Crippen LogP contribution in [0.3, 0.4) is 0 Å². The normalized spacial score (nSPS) is 18.5. The van der Waals surface area contributed by atoms with Gasteiger partial charge in [-0.2, -0.15) is 5.10 Å². The van der Waals surface area contributed by atoms with E-state index in [0.29, 0.717) is 5.92 Å². The van der Waals surface area contributed by atoms with Crippen LogP contribution in [0.25, 0.3) is 0 Å². The Balaban J connectivity index is 1.55. The van der Waals surface area contributed by atoms with Gasteiger partial charge in [-0.1, -0.05) is 0 Å². The average Bonchev–Trinajstić information content (AvgIpc) is 3.22. The fourth-order valence-electron chi connectivity index (χ4n) is 3.36. The van der Waals surface area contributed by atoms with Gasteiger partial charge in [-0.25, -0.2) is 19.6 Å². The van der Waals surface area contributed by atoms with Crippen molar-refractivity contribution in [3.8, 4) is 0 Å². The summed E-state index contributed by atoms with van der Waals surface area (Å²) in [5.74, 6) is 3.40. The van der Waals surface area contributed by atoms with Crippen molar-refractivity contribution < 1.29 is 0 Å². The van der Waals surface area contributed by atoms with E-state index in [0.717, 1.165) is 55.2 Å². The molecule has 3 aromatic heterocycles. The van der Waals surface area contributed by atoms with Crippen LogP contribution in [-0.4, -0.2) is 40.7 Å². The second-order valence-corrected chi connectivity index (χ2v) is 7.32. The summed E-state index contributed by atoms with van der Waals surface area (Å²) in [4.78, 5) is 15.8. The third-order valence-electron chi connectivity index (χ3n) is 4.37. The van der Waals surface area contributed by atoms with Crippen LogP contribution in [0.2, 0.25) is 0 Å². The molecule has 4 heterocycles. The highest BCUT2D eigenvalue weighted by Crippen LogP contribution is 2.20. The van der Waals surface area contributed by atoms with Gasteiger partial charge in [0, 0.05) is 49.5 Å². The monoisotopic (exact) mass is 343 g/mol. The molecule has 0 saturated heterocycles. The Labute approximate surface area is 145 Å². The van der Waals surface area contributed by atoms with Crippen molar-refractivity contribution in [2.24, 2.45) is 5.92 Å². The first-order chi connectivity index (χ1) is 11.7. The molecule has 0 amide bonds. The average molecular weight is 343 g/mol. The second kappa shape index (κ2) is 6.45. The number of thiazole rings is 1. The van der Waals surface area contributed by atoms with Gasteiger partial charge < -0.3 is 4.57 Å². The maximum Gasteiger partial charge on any atom is 0.147 e. The summed E-state index contributed by atoms with van der Waals surface area (Å²) in [7, 11) is 0. The molecule has 0 spiro atoms. The van der Waals surface area contributed by atoms with E-state index in [1.54, 1.807) is 11.3 Å². The van der Waals surface area contributed by atoms with E-state index in [-0.39, 0.29) is 0 Å². The summed E-state index contributed by atoms with van der Waals surface area (Å²) in [5.41, 5.74) is 0. The smallest absolute Gasteiger partial charge is 0.147 e. The summed E-state index contributed by atoms with van der Waals surface area (Å²) in [6.07, 6.45) is 5.84. The molecular weight excluding hydrogens is 322 g/mol. The summed E-state index contributed by atoms with van der Waals surface area (Å²) in [6, 6.07) is 0. The van der Waals surface area contributed by atoms with Gasteiger partial charge in [0.2, 0.25) is 0 Å². The zero-order chi connectivity index (χ0) is 16.5. The minimum atomic E-state index is 0.459. The second-order valence-electron chi connectivity index (χ2n) is 6.35. The van der Waals surface area contributed by atoms with Gasteiger partial charge >= 0.3 is 0 Å². The van der Waals surface area contributed by atoms with Crippen LogP contribution in [-0.2, 0) is 26.2 Å². The number of fused-ring (bicyclic) bond motifs is 1. The number of hydrogen-bond acceptors (Lipinski definition) is 6. The van der Waals surface area contributed by atoms with Crippen molar-refractivity contribution in [2.75, 3.05) is 6.54 Å². The molecule has 1 aliphatic heterocycles. The van der Waals surface area contributed by atoms with Crippen molar-refractivity contribution in [1.82, 2.24) is 34.2 Å². The number of aromatic nitrogens is 6. The van der Waals surface area contributed by atoms with E-state index in [4.69, 9.17) is 0 Å². The largest absolute Gasteiger partial charge is 0.333 e. The number of hydrogen-bond donors (Lipinski definition) is 0. The van der Waals surface area contributed by atoms with Crippen molar-refractivity contribution in [3.05, 3.63) is 46.5 Å². The fraction of sp³-hybridized carbons (Fsp3) is 0.500. The van der Waals surface area contributed by atoms with Gasteiger partial charge in [0.25, 0.3) is 0 Å². The predicted octanol–water partition coefficient (Wildman–Crippen LogP) is 1.88. The Hall–Kier alpha value is -2.06. The lowest BCUT2D eigenvalue weighted by molar-refractivity contribution is 0.204. The SMILES string of the molecule is Cc1nc(C)n(C[C@H]2CN(Cc3nccs3)Cc3nccn3C2)n1. The number of imidazole rings is 1. The molecule has 24 heavy (non-hydrogen) atoms. The van der Waals surface area contributed by atoms with Crippen LogP contribution >= 0.6 is 11.3 Å². The van der Waals surface area contributed by atoms with Gasteiger partial charge in [-0.15, -0.1) is 11.3 Å². The lowest BCUT2D eigenvalue weighted by Crippen LogP contribution is -2.30. The Morgan fingerprint density at radius 2 is 2.12 bits per heavy atom. The van der Waals surface area contributed by atoms with Crippen LogP contribution in [0, 0.1) is 19.8 Å². The maximum absolute atomic E-state index is 4.53. The lowest BCUT2D eigenvalue weighted by atomic mass is 10.1. The molecule has 0 aromatic carbocycles. The lowest BCUT2D eigenvalue weighted by Gasteiger charge is -2.23. The molecular formula is C16H21N7S. The van der Waals surface area contributed by atoms with Crippen LogP contribution < -0.4 is 0 Å². The van der Waals surface area contributed by atoms with Crippen molar-refractivity contribution in [2.45, 2.75) is 40.0 Å². The summed E-state index contributed by atoms with van der Waals surface area (Å²) < 4.78 is 4.30. The van der Waals surface area contributed by atoms with Gasteiger partial charge in [-0.3, -0.25) is 4.90 Å². The van der Waals surface area contributed by atoms with Gasteiger partial charge in [0.05, 0.1) is 13.1 Å². The number of aryl methyl sites for hydroxylation is 2. The molecule has 0 bridgehead atoms. The predicted molar refractivity (Wildman–Crippen MR) is 91.4 cm³/mol. The van der Waals surface area contributed by atoms with E-state index in [2.05, 4.69) is 35.7 Å². The first kappa shape index (κ1) is 15.5. The van der Waals surface area contributed by atoms with Gasteiger partial charge in [-0.05, 0) is 13.8 Å². The zero-order valence-corrected chi connectivity index (χ0v) is 14.8.